The highest BCUT2D eigenvalue weighted by molar-refractivity contribution is 5.01. The number of nitrogens with one attached hydrogen (secondary N) is 1. The van der Waals surface area contributed by atoms with Gasteiger partial charge < -0.3 is 4.98 Å². The molecular weight excluding hydrogens is 148 g/mol. The predicted molar refractivity (Wildman–Crippen MR) is 51.2 cm³/mol. The van der Waals surface area contributed by atoms with Gasteiger partial charge in [0.15, 0.2) is 0 Å². The van der Waals surface area contributed by atoms with Crippen LogP contribution in [0.1, 0.15) is 44.6 Å². The van der Waals surface area contributed by atoms with Gasteiger partial charge in [-0.25, -0.2) is 4.98 Å². The van der Waals surface area contributed by atoms with Crippen LogP contribution in [-0.2, 0) is 12.8 Å². The molecule has 1 rings (SSSR count). The molecule has 0 spiro atoms. The average molecular weight is 166 g/mol. The van der Waals surface area contributed by atoms with Crippen LogP contribution in [0, 0.1) is 0 Å². The molecule has 0 radical (unpaired) electrons. The van der Waals surface area contributed by atoms with Crippen LogP contribution in [0.25, 0.3) is 0 Å². The third-order valence-corrected chi connectivity index (χ3v) is 1.97. The molecule has 0 amide bonds. The number of H-pyrrole nitrogens is 1. The second-order valence-electron chi connectivity index (χ2n) is 3.21. The van der Waals surface area contributed by atoms with E-state index in [1.807, 2.05) is 6.20 Å². The number of aromatic amines is 1. The lowest BCUT2D eigenvalue weighted by Gasteiger charge is -1.93. The Morgan fingerprint density at radius 1 is 1.25 bits per heavy atom. The second kappa shape index (κ2) is 4.96. The number of imidazole rings is 1. The predicted octanol–water partition coefficient (Wildman–Crippen LogP) is 2.70. The van der Waals surface area contributed by atoms with Crippen LogP contribution in [0.2, 0.25) is 0 Å². The molecule has 1 aromatic heterocycles. The molecule has 68 valence electrons. The van der Waals surface area contributed by atoms with E-state index in [1.54, 1.807) is 0 Å². The van der Waals surface area contributed by atoms with Gasteiger partial charge in [-0.2, -0.15) is 0 Å². The molecule has 2 nitrogen and oxygen atoms in total. The number of aromatic nitrogens is 2. The molecule has 1 heterocycles. The summed E-state index contributed by atoms with van der Waals surface area (Å²) in [7, 11) is 0. The SMILES string of the molecule is CCCCc1ncc(CCC)[nH]1. The van der Waals surface area contributed by atoms with Gasteiger partial charge in [0, 0.05) is 18.3 Å². The summed E-state index contributed by atoms with van der Waals surface area (Å²) in [5, 5.41) is 0. The van der Waals surface area contributed by atoms with E-state index in [0.29, 0.717) is 0 Å². The first-order chi connectivity index (χ1) is 5.86. The molecule has 0 unspecified atom stereocenters. The Morgan fingerprint density at radius 3 is 2.75 bits per heavy atom. The summed E-state index contributed by atoms with van der Waals surface area (Å²) in [5.41, 5.74) is 1.28. The first kappa shape index (κ1) is 9.30. The first-order valence-corrected chi connectivity index (χ1v) is 4.89. The minimum absolute atomic E-state index is 1.10. The van der Waals surface area contributed by atoms with E-state index < -0.39 is 0 Å². The maximum atomic E-state index is 4.32. The fraction of sp³-hybridized carbons (Fsp3) is 0.700. The largest absolute Gasteiger partial charge is 0.346 e. The van der Waals surface area contributed by atoms with Gasteiger partial charge in [-0.05, 0) is 12.8 Å². The number of aryl methyl sites for hydroxylation is 2. The first-order valence-electron chi connectivity index (χ1n) is 4.89. The summed E-state index contributed by atoms with van der Waals surface area (Å²) in [4.78, 5) is 7.65. The van der Waals surface area contributed by atoms with Crippen LogP contribution in [-0.4, -0.2) is 9.97 Å². The van der Waals surface area contributed by atoms with E-state index in [-0.39, 0.29) is 0 Å². The molecule has 0 saturated carbocycles. The standard InChI is InChI=1S/C10H18N2/c1-3-5-7-10-11-8-9(12-10)6-4-2/h8H,3-7H2,1-2H3,(H,11,12). The number of rotatable bonds is 5. The van der Waals surface area contributed by atoms with Gasteiger partial charge in [-0.3, -0.25) is 0 Å². The molecule has 0 fully saturated rings. The Balaban J connectivity index is 2.41. The summed E-state index contributed by atoms with van der Waals surface area (Å²) in [5.74, 6) is 1.15. The van der Waals surface area contributed by atoms with Crippen molar-refractivity contribution >= 4 is 0 Å². The van der Waals surface area contributed by atoms with Crippen molar-refractivity contribution in [3.63, 3.8) is 0 Å². The molecular formula is C10H18N2. The smallest absolute Gasteiger partial charge is 0.106 e. The Hall–Kier alpha value is -0.790. The van der Waals surface area contributed by atoms with Crippen molar-refractivity contribution in [3.05, 3.63) is 17.7 Å². The molecule has 0 saturated heterocycles. The van der Waals surface area contributed by atoms with Crippen LogP contribution in [0.4, 0.5) is 0 Å². The minimum atomic E-state index is 1.10. The summed E-state index contributed by atoms with van der Waals surface area (Å²) in [6.45, 7) is 4.39. The highest BCUT2D eigenvalue weighted by atomic mass is 14.9. The molecule has 0 aliphatic rings. The van der Waals surface area contributed by atoms with Gasteiger partial charge in [-0.1, -0.05) is 26.7 Å². The molecule has 0 aliphatic heterocycles. The lowest BCUT2D eigenvalue weighted by atomic mass is 10.2. The third-order valence-electron chi connectivity index (χ3n) is 1.97. The van der Waals surface area contributed by atoms with Crippen molar-refractivity contribution in [1.29, 1.82) is 0 Å². The zero-order valence-corrected chi connectivity index (χ0v) is 8.06. The molecule has 0 atom stereocenters. The number of nitrogens with zero attached hydrogens (tertiary/aromatic N) is 1. The van der Waals surface area contributed by atoms with Gasteiger partial charge in [0.05, 0.1) is 0 Å². The number of hydrogen-bond acceptors (Lipinski definition) is 1. The van der Waals surface area contributed by atoms with Crippen molar-refractivity contribution in [1.82, 2.24) is 9.97 Å². The summed E-state index contributed by atoms with van der Waals surface area (Å²) < 4.78 is 0. The molecule has 12 heavy (non-hydrogen) atoms. The summed E-state index contributed by atoms with van der Waals surface area (Å²) >= 11 is 0. The second-order valence-corrected chi connectivity index (χ2v) is 3.21. The van der Waals surface area contributed by atoms with E-state index in [1.165, 1.54) is 25.0 Å². The summed E-state index contributed by atoms with van der Waals surface area (Å²) in [6, 6.07) is 0. The fourth-order valence-corrected chi connectivity index (χ4v) is 1.27. The van der Waals surface area contributed by atoms with Gasteiger partial charge in [-0.15, -0.1) is 0 Å². The molecule has 0 aromatic carbocycles. The maximum absolute atomic E-state index is 4.32. The van der Waals surface area contributed by atoms with Crippen LogP contribution >= 0.6 is 0 Å². The van der Waals surface area contributed by atoms with E-state index >= 15 is 0 Å². The quantitative estimate of drug-likeness (QED) is 0.715. The minimum Gasteiger partial charge on any atom is -0.346 e. The Kier molecular flexibility index (Phi) is 3.85. The molecule has 0 aliphatic carbocycles. The van der Waals surface area contributed by atoms with Gasteiger partial charge in [0.1, 0.15) is 5.82 Å². The van der Waals surface area contributed by atoms with E-state index in [2.05, 4.69) is 23.8 Å². The Bertz CT molecular complexity index is 215. The van der Waals surface area contributed by atoms with Crippen LogP contribution in [0.15, 0.2) is 6.20 Å². The van der Waals surface area contributed by atoms with Crippen LogP contribution in [0.3, 0.4) is 0 Å². The zero-order chi connectivity index (χ0) is 8.81. The number of hydrogen-bond donors (Lipinski definition) is 1. The molecule has 0 bridgehead atoms. The Labute approximate surface area is 74.4 Å². The van der Waals surface area contributed by atoms with Gasteiger partial charge in [0.2, 0.25) is 0 Å². The highest BCUT2D eigenvalue weighted by Crippen LogP contribution is 2.03. The number of unbranched alkanes of at least 4 members (excludes halogenated alkanes) is 1. The third kappa shape index (κ3) is 2.68. The van der Waals surface area contributed by atoms with Crippen LogP contribution < -0.4 is 0 Å². The van der Waals surface area contributed by atoms with Crippen molar-refractivity contribution in [2.24, 2.45) is 0 Å². The topological polar surface area (TPSA) is 28.7 Å². The van der Waals surface area contributed by atoms with E-state index in [9.17, 15) is 0 Å². The molecule has 1 N–H and O–H groups in total. The zero-order valence-electron chi connectivity index (χ0n) is 8.06. The van der Waals surface area contributed by atoms with Gasteiger partial charge in [0.25, 0.3) is 0 Å². The molecule has 1 aromatic rings. The lowest BCUT2D eigenvalue weighted by Crippen LogP contribution is -1.88. The van der Waals surface area contributed by atoms with Crippen molar-refractivity contribution in [3.8, 4) is 0 Å². The van der Waals surface area contributed by atoms with Crippen molar-refractivity contribution < 1.29 is 0 Å². The normalized spacial score (nSPS) is 10.5. The highest BCUT2D eigenvalue weighted by Gasteiger charge is 1.98. The van der Waals surface area contributed by atoms with E-state index in [0.717, 1.165) is 18.7 Å². The van der Waals surface area contributed by atoms with E-state index in [4.69, 9.17) is 0 Å². The van der Waals surface area contributed by atoms with Crippen molar-refractivity contribution in [2.75, 3.05) is 0 Å². The summed E-state index contributed by atoms with van der Waals surface area (Å²) in [6.07, 6.45) is 7.85. The maximum Gasteiger partial charge on any atom is 0.106 e. The fourth-order valence-electron chi connectivity index (χ4n) is 1.27. The lowest BCUT2D eigenvalue weighted by molar-refractivity contribution is 0.758. The monoisotopic (exact) mass is 166 g/mol. The van der Waals surface area contributed by atoms with Crippen LogP contribution in [0.5, 0.6) is 0 Å². The van der Waals surface area contributed by atoms with Crippen molar-refractivity contribution in [2.45, 2.75) is 46.0 Å². The van der Waals surface area contributed by atoms with Gasteiger partial charge >= 0.3 is 0 Å². The average Bonchev–Trinajstić information content (AvgIpc) is 2.50. The Morgan fingerprint density at radius 2 is 2.08 bits per heavy atom. The molecule has 2 heteroatoms.